The van der Waals surface area contributed by atoms with Crippen molar-refractivity contribution in [3.8, 4) is 5.75 Å². The molecule has 0 radical (unpaired) electrons. The quantitative estimate of drug-likeness (QED) is 0.597. The van der Waals surface area contributed by atoms with Gasteiger partial charge in [0.2, 0.25) is 0 Å². The summed E-state index contributed by atoms with van der Waals surface area (Å²) in [6.45, 7) is 2.77. The first kappa shape index (κ1) is 15.9. The Balaban J connectivity index is 2.05. The fraction of sp³-hybridized carbons (Fsp3) is 0.278. The number of hydrogen-bond donors (Lipinski definition) is 2. The Bertz CT molecular complexity index is 626. The van der Waals surface area contributed by atoms with Gasteiger partial charge in [0.15, 0.2) is 0 Å². The maximum Gasteiger partial charge on any atom is 0.259 e. The van der Waals surface area contributed by atoms with E-state index in [2.05, 4.69) is 12.2 Å². The molecule has 0 aliphatic rings. The van der Waals surface area contributed by atoms with E-state index in [1.165, 1.54) is 0 Å². The Morgan fingerprint density at radius 3 is 2.73 bits per heavy atom. The Kier molecular flexibility index (Phi) is 5.83. The number of nitrogens with one attached hydrogen (secondary N) is 1. The molecule has 4 heteroatoms. The average molecular weight is 298 g/mol. The van der Waals surface area contributed by atoms with E-state index in [0.29, 0.717) is 29.3 Å². The van der Waals surface area contributed by atoms with Gasteiger partial charge in [-0.05, 0) is 36.8 Å². The van der Waals surface area contributed by atoms with E-state index in [1.807, 2.05) is 18.2 Å². The van der Waals surface area contributed by atoms with Crippen molar-refractivity contribution in [2.45, 2.75) is 26.2 Å². The van der Waals surface area contributed by atoms with Crippen molar-refractivity contribution in [1.29, 1.82) is 0 Å². The summed E-state index contributed by atoms with van der Waals surface area (Å²) in [5.41, 5.74) is 7.54. The van der Waals surface area contributed by atoms with Gasteiger partial charge in [-0.15, -0.1) is 0 Å². The van der Waals surface area contributed by atoms with Crippen LogP contribution in [0.25, 0.3) is 0 Å². The Morgan fingerprint density at radius 1 is 1.14 bits per heavy atom. The molecule has 1 amide bonds. The third-order valence-electron chi connectivity index (χ3n) is 3.28. The molecule has 3 N–H and O–H groups in total. The minimum absolute atomic E-state index is 0.198. The highest BCUT2D eigenvalue weighted by molar-refractivity contribution is 6.06. The SMILES string of the molecule is CCCCCOc1ccccc1C(=O)Nc1cccc(N)c1. The predicted octanol–water partition coefficient (Wildman–Crippen LogP) is 4.09. The van der Waals surface area contributed by atoms with Crippen molar-refractivity contribution < 1.29 is 9.53 Å². The van der Waals surface area contributed by atoms with Crippen molar-refractivity contribution in [1.82, 2.24) is 0 Å². The van der Waals surface area contributed by atoms with Crippen molar-refractivity contribution in [2.24, 2.45) is 0 Å². The molecule has 116 valence electrons. The van der Waals surface area contributed by atoms with Gasteiger partial charge >= 0.3 is 0 Å². The highest BCUT2D eigenvalue weighted by Gasteiger charge is 2.12. The minimum atomic E-state index is -0.198. The van der Waals surface area contributed by atoms with Gasteiger partial charge in [0.05, 0.1) is 12.2 Å². The zero-order valence-electron chi connectivity index (χ0n) is 12.8. The number of benzene rings is 2. The van der Waals surface area contributed by atoms with E-state index in [0.717, 1.165) is 19.3 Å². The molecule has 0 spiro atoms. The van der Waals surface area contributed by atoms with E-state index in [1.54, 1.807) is 30.3 Å². The van der Waals surface area contributed by atoms with E-state index in [9.17, 15) is 4.79 Å². The lowest BCUT2D eigenvalue weighted by atomic mass is 10.1. The number of rotatable bonds is 7. The van der Waals surface area contributed by atoms with Gasteiger partial charge in [0.1, 0.15) is 5.75 Å². The smallest absolute Gasteiger partial charge is 0.259 e. The van der Waals surface area contributed by atoms with Gasteiger partial charge in [-0.1, -0.05) is 38.0 Å². The molecule has 0 unspecified atom stereocenters. The molecule has 0 saturated carbocycles. The van der Waals surface area contributed by atoms with Gasteiger partial charge in [-0.25, -0.2) is 0 Å². The number of nitrogens with two attached hydrogens (primary N) is 1. The molecule has 0 heterocycles. The predicted molar refractivity (Wildman–Crippen MR) is 90.3 cm³/mol. The van der Waals surface area contributed by atoms with E-state index >= 15 is 0 Å². The van der Waals surface area contributed by atoms with Gasteiger partial charge in [0, 0.05) is 11.4 Å². The average Bonchev–Trinajstić information content (AvgIpc) is 2.52. The maximum atomic E-state index is 12.4. The van der Waals surface area contributed by atoms with Crippen LogP contribution in [0.1, 0.15) is 36.5 Å². The van der Waals surface area contributed by atoms with Crippen LogP contribution < -0.4 is 15.8 Å². The van der Waals surface area contributed by atoms with Crippen LogP contribution in [0, 0.1) is 0 Å². The molecule has 0 atom stereocenters. The zero-order valence-corrected chi connectivity index (χ0v) is 12.8. The van der Waals surface area contributed by atoms with Crippen LogP contribution in [0.5, 0.6) is 5.75 Å². The first-order valence-corrected chi connectivity index (χ1v) is 7.59. The third kappa shape index (κ3) is 4.52. The number of para-hydroxylation sites is 1. The fourth-order valence-electron chi connectivity index (χ4n) is 2.13. The second-order valence-electron chi connectivity index (χ2n) is 5.13. The van der Waals surface area contributed by atoms with Gasteiger partial charge < -0.3 is 15.8 Å². The summed E-state index contributed by atoms with van der Waals surface area (Å²) < 4.78 is 5.74. The number of anilines is 2. The van der Waals surface area contributed by atoms with Crippen molar-refractivity contribution in [3.63, 3.8) is 0 Å². The zero-order chi connectivity index (χ0) is 15.8. The van der Waals surface area contributed by atoms with Gasteiger partial charge in [0.25, 0.3) is 5.91 Å². The molecular weight excluding hydrogens is 276 g/mol. The number of carbonyl (C=O) groups is 1. The third-order valence-corrected chi connectivity index (χ3v) is 3.28. The van der Waals surface area contributed by atoms with Crippen molar-refractivity contribution in [2.75, 3.05) is 17.7 Å². The van der Waals surface area contributed by atoms with Crippen molar-refractivity contribution >= 4 is 17.3 Å². The molecule has 4 nitrogen and oxygen atoms in total. The molecular formula is C18H22N2O2. The molecule has 22 heavy (non-hydrogen) atoms. The lowest BCUT2D eigenvalue weighted by molar-refractivity contribution is 0.102. The van der Waals surface area contributed by atoms with E-state index in [-0.39, 0.29) is 5.91 Å². The summed E-state index contributed by atoms with van der Waals surface area (Å²) in [6, 6.07) is 14.4. The number of unbranched alkanes of at least 4 members (excludes halogenated alkanes) is 2. The second kappa shape index (κ2) is 8.08. The highest BCUT2D eigenvalue weighted by atomic mass is 16.5. The number of hydrogen-bond acceptors (Lipinski definition) is 3. The monoisotopic (exact) mass is 298 g/mol. The fourth-order valence-corrected chi connectivity index (χ4v) is 2.13. The van der Waals surface area contributed by atoms with E-state index in [4.69, 9.17) is 10.5 Å². The largest absolute Gasteiger partial charge is 0.493 e. The summed E-state index contributed by atoms with van der Waals surface area (Å²) in [5.74, 6) is 0.414. The molecule has 0 aromatic heterocycles. The normalized spacial score (nSPS) is 10.2. The van der Waals surface area contributed by atoms with Crippen LogP contribution in [0.2, 0.25) is 0 Å². The molecule has 2 aromatic carbocycles. The molecule has 0 bridgehead atoms. The topological polar surface area (TPSA) is 64.3 Å². The van der Waals surface area contributed by atoms with Crippen LogP contribution in [0.3, 0.4) is 0 Å². The summed E-state index contributed by atoms with van der Waals surface area (Å²) in [4.78, 5) is 12.4. The lowest BCUT2D eigenvalue weighted by Gasteiger charge is -2.12. The highest BCUT2D eigenvalue weighted by Crippen LogP contribution is 2.21. The molecule has 0 fully saturated rings. The summed E-state index contributed by atoms with van der Waals surface area (Å²) in [7, 11) is 0. The molecule has 0 saturated heterocycles. The molecule has 0 aliphatic heterocycles. The number of nitrogen functional groups attached to an aromatic ring is 1. The first-order valence-electron chi connectivity index (χ1n) is 7.59. The number of ether oxygens (including phenoxy) is 1. The van der Waals surface area contributed by atoms with Crippen LogP contribution in [0.4, 0.5) is 11.4 Å². The van der Waals surface area contributed by atoms with Crippen LogP contribution >= 0.6 is 0 Å². The number of carbonyl (C=O) groups excluding carboxylic acids is 1. The standard InChI is InChI=1S/C18H22N2O2/c1-2-3-6-12-22-17-11-5-4-10-16(17)18(21)20-15-9-7-8-14(19)13-15/h4-5,7-11,13H,2-3,6,12,19H2,1H3,(H,20,21). The Morgan fingerprint density at radius 2 is 1.95 bits per heavy atom. The van der Waals surface area contributed by atoms with Gasteiger partial charge in [-0.3, -0.25) is 4.79 Å². The minimum Gasteiger partial charge on any atom is -0.493 e. The Hall–Kier alpha value is -2.49. The summed E-state index contributed by atoms with van der Waals surface area (Å²) >= 11 is 0. The lowest BCUT2D eigenvalue weighted by Crippen LogP contribution is -2.14. The molecule has 0 aliphatic carbocycles. The molecule has 2 rings (SSSR count). The van der Waals surface area contributed by atoms with Crippen LogP contribution in [0.15, 0.2) is 48.5 Å². The number of amides is 1. The first-order chi connectivity index (χ1) is 10.7. The van der Waals surface area contributed by atoms with Crippen LogP contribution in [-0.4, -0.2) is 12.5 Å². The summed E-state index contributed by atoms with van der Waals surface area (Å²) in [5, 5.41) is 2.84. The summed E-state index contributed by atoms with van der Waals surface area (Å²) in [6.07, 6.45) is 3.25. The van der Waals surface area contributed by atoms with E-state index < -0.39 is 0 Å². The van der Waals surface area contributed by atoms with Crippen LogP contribution in [-0.2, 0) is 0 Å². The molecule has 2 aromatic rings. The second-order valence-corrected chi connectivity index (χ2v) is 5.13. The van der Waals surface area contributed by atoms with Crippen molar-refractivity contribution in [3.05, 3.63) is 54.1 Å². The van der Waals surface area contributed by atoms with Gasteiger partial charge in [-0.2, -0.15) is 0 Å². The maximum absolute atomic E-state index is 12.4. The Labute approximate surface area is 131 Å².